The summed E-state index contributed by atoms with van der Waals surface area (Å²) in [6, 6.07) is 15.2. The number of hydrogen-bond donors (Lipinski definition) is 2. The SMILES string of the molecule is CS(=O)(=O)Nc1cc(C(=O)NC[C@H]2CCCCN2Cc2ccccc2)ccc1Cl. The Kier molecular flexibility index (Phi) is 7.16. The fourth-order valence-corrected chi connectivity index (χ4v) is 4.36. The van der Waals surface area contributed by atoms with Crippen molar-refractivity contribution >= 4 is 33.2 Å². The normalized spacial score (nSPS) is 17.7. The first kappa shape index (κ1) is 21.6. The van der Waals surface area contributed by atoms with Gasteiger partial charge in [0.05, 0.1) is 17.0 Å². The maximum Gasteiger partial charge on any atom is 0.251 e. The predicted molar refractivity (Wildman–Crippen MR) is 117 cm³/mol. The van der Waals surface area contributed by atoms with Crippen LogP contribution in [-0.4, -0.2) is 44.6 Å². The van der Waals surface area contributed by atoms with Crippen LogP contribution in [0, 0.1) is 0 Å². The number of benzene rings is 2. The maximum absolute atomic E-state index is 12.6. The van der Waals surface area contributed by atoms with Crippen LogP contribution in [0.3, 0.4) is 0 Å². The van der Waals surface area contributed by atoms with Crippen LogP contribution in [0.4, 0.5) is 5.69 Å². The number of hydrogen-bond acceptors (Lipinski definition) is 4. The lowest BCUT2D eigenvalue weighted by atomic mass is 10.0. The molecule has 0 radical (unpaired) electrons. The van der Waals surface area contributed by atoms with Crippen LogP contribution in [0.5, 0.6) is 0 Å². The van der Waals surface area contributed by atoms with Gasteiger partial charge in [-0.1, -0.05) is 48.4 Å². The van der Waals surface area contributed by atoms with Crippen LogP contribution in [0.2, 0.25) is 5.02 Å². The second-order valence-electron chi connectivity index (χ2n) is 7.38. The summed E-state index contributed by atoms with van der Waals surface area (Å²) in [5.41, 5.74) is 1.83. The number of anilines is 1. The van der Waals surface area contributed by atoms with Gasteiger partial charge in [-0.2, -0.15) is 0 Å². The number of likely N-dealkylation sites (tertiary alicyclic amines) is 1. The fraction of sp³-hybridized carbons (Fsp3) is 0.381. The summed E-state index contributed by atoms with van der Waals surface area (Å²) in [6.07, 6.45) is 4.39. The second kappa shape index (κ2) is 9.61. The first-order valence-corrected chi connectivity index (χ1v) is 11.9. The van der Waals surface area contributed by atoms with Crippen molar-refractivity contribution in [2.75, 3.05) is 24.1 Å². The molecule has 1 heterocycles. The van der Waals surface area contributed by atoms with Gasteiger partial charge in [-0.05, 0) is 43.1 Å². The van der Waals surface area contributed by atoms with Gasteiger partial charge in [0.1, 0.15) is 0 Å². The molecule has 1 saturated heterocycles. The smallest absolute Gasteiger partial charge is 0.251 e. The molecule has 1 amide bonds. The summed E-state index contributed by atoms with van der Waals surface area (Å²) in [5.74, 6) is -0.247. The molecule has 0 saturated carbocycles. The van der Waals surface area contributed by atoms with Crippen molar-refractivity contribution in [3.63, 3.8) is 0 Å². The molecule has 156 valence electrons. The van der Waals surface area contributed by atoms with Gasteiger partial charge in [0.15, 0.2) is 0 Å². The van der Waals surface area contributed by atoms with E-state index in [4.69, 9.17) is 11.6 Å². The minimum absolute atomic E-state index is 0.199. The van der Waals surface area contributed by atoms with E-state index in [0.717, 1.165) is 38.6 Å². The molecule has 0 unspecified atom stereocenters. The van der Waals surface area contributed by atoms with Crippen LogP contribution in [0.15, 0.2) is 48.5 Å². The lowest BCUT2D eigenvalue weighted by molar-refractivity contribution is 0.0907. The summed E-state index contributed by atoms with van der Waals surface area (Å²) >= 11 is 6.04. The molecule has 6 nitrogen and oxygen atoms in total. The molecule has 0 aromatic heterocycles. The Bertz CT molecular complexity index is 951. The van der Waals surface area contributed by atoms with Crippen LogP contribution in [0.25, 0.3) is 0 Å². The molecule has 1 aliphatic rings. The van der Waals surface area contributed by atoms with Crippen LogP contribution < -0.4 is 10.0 Å². The zero-order chi connectivity index (χ0) is 20.9. The summed E-state index contributed by atoms with van der Waals surface area (Å²) in [6.45, 7) is 2.42. The molecular formula is C21H26ClN3O3S. The number of amides is 1. The van der Waals surface area contributed by atoms with Gasteiger partial charge in [-0.3, -0.25) is 14.4 Å². The van der Waals surface area contributed by atoms with E-state index in [0.29, 0.717) is 12.1 Å². The van der Waals surface area contributed by atoms with E-state index in [2.05, 4.69) is 27.1 Å². The molecule has 8 heteroatoms. The largest absolute Gasteiger partial charge is 0.350 e. The van der Waals surface area contributed by atoms with E-state index < -0.39 is 10.0 Å². The van der Waals surface area contributed by atoms with Gasteiger partial charge in [-0.25, -0.2) is 8.42 Å². The Hall–Kier alpha value is -2.09. The predicted octanol–water partition coefficient (Wildman–Crippen LogP) is 3.50. The number of nitrogens with zero attached hydrogens (tertiary/aromatic N) is 1. The van der Waals surface area contributed by atoms with Gasteiger partial charge in [0, 0.05) is 24.7 Å². The minimum atomic E-state index is -3.48. The highest BCUT2D eigenvalue weighted by molar-refractivity contribution is 7.92. The number of sulfonamides is 1. The summed E-state index contributed by atoms with van der Waals surface area (Å²) in [5, 5.41) is 3.24. The Labute approximate surface area is 177 Å². The van der Waals surface area contributed by atoms with Crippen molar-refractivity contribution < 1.29 is 13.2 Å². The number of piperidine rings is 1. The molecule has 2 N–H and O–H groups in total. The minimum Gasteiger partial charge on any atom is -0.350 e. The third-order valence-electron chi connectivity index (χ3n) is 5.00. The van der Waals surface area contributed by atoms with E-state index >= 15 is 0 Å². The third-order valence-corrected chi connectivity index (χ3v) is 5.92. The molecule has 0 aliphatic carbocycles. The summed E-state index contributed by atoms with van der Waals surface area (Å²) in [7, 11) is -3.48. The highest BCUT2D eigenvalue weighted by Gasteiger charge is 2.23. The van der Waals surface area contributed by atoms with Gasteiger partial charge in [0.25, 0.3) is 5.91 Å². The first-order chi connectivity index (χ1) is 13.8. The highest BCUT2D eigenvalue weighted by Crippen LogP contribution is 2.24. The lowest BCUT2D eigenvalue weighted by Gasteiger charge is -2.36. The van der Waals surface area contributed by atoms with Crippen molar-refractivity contribution in [2.24, 2.45) is 0 Å². The number of rotatable bonds is 7. The number of carbonyl (C=O) groups excluding carboxylic acids is 1. The van der Waals surface area contributed by atoms with Crippen molar-refractivity contribution in [1.29, 1.82) is 0 Å². The Balaban J connectivity index is 1.63. The zero-order valence-electron chi connectivity index (χ0n) is 16.4. The van der Waals surface area contributed by atoms with Gasteiger partial charge < -0.3 is 5.32 Å². The van der Waals surface area contributed by atoms with Crippen LogP contribution >= 0.6 is 11.6 Å². The van der Waals surface area contributed by atoms with E-state index in [1.165, 1.54) is 17.7 Å². The standard InChI is InChI=1S/C21H26ClN3O3S/c1-29(27,28)24-20-13-17(10-11-19(20)22)21(26)23-14-18-9-5-6-12-25(18)15-16-7-3-2-4-8-16/h2-4,7-8,10-11,13,18,24H,5-6,9,12,14-15H2,1H3,(H,23,26)/t18-/m1/s1. The van der Waals surface area contributed by atoms with Crippen molar-refractivity contribution in [3.05, 3.63) is 64.7 Å². The van der Waals surface area contributed by atoms with Gasteiger partial charge in [-0.15, -0.1) is 0 Å². The lowest BCUT2D eigenvalue weighted by Crippen LogP contribution is -2.46. The molecule has 1 fully saturated rings. The average Bonchev–Trinajstić information content (AvgIpc) is 2.68. The van der Waals surface area contributed by atoms with Crippen molar-refractivity contribution in [2.45, 2.75) is 31.8 Å². The monoisotopic (exact) mass is 435 g/mol. The summed E-state index contributed by atoms with van der Waals surface area (Å²) in [4.78, 5) is 15.0. The maximum atomic E-state index is 12.6. The molecule has 1 atom stereocenters. The second-order valence-corrected chi connectivity index (χ2v) is 9.54. The van der Waals surface area contributed by atoms with Gasteiger partial charge in [0.2, 0.25) is 10.0 Å². The fourth-order valence-electron chi connectivity index (χ4n) is 3.57. The van der Waals surface area contributed by atoms with Crippen molar-refractivity contribution in [1.82, 2.24) is 10.2 Å². The molecule has 2 aromatic rings. The quantitative estimate of drug-likeness (QED) is 0.697. The topological polar surface area (TPSA) is 78.5 Å². The summed E-state index contributed by atoms with van der Waals surface area (Å²) < 4.78 is 25.3. The van der Waals surface area contributed by atoms with Crippen LogP contribution in [0.1, 0.15) is 35.2 Å². The molecular weight excluding hydrogens is 410 g/mol. The molecule has 2 aromatic carbocycles. The van der Waals surface area contributed by atoms with E-state index in [-0.39, 0.29) is 22.7 Å². The molecule has 0 spiro atoms. The van der Waals surface area contributed by atoms with Gasteiger partial charge >= 0.3 is 0 Å². The van der Waals surface area contributed by atoms with E-state index in [1.807, 2.05) is 18.2 Å². The molecule has 0 bridgehead atoms. The number of halogens is 1. The number of nitrogens with one attached hydrogen (secondary N) is 2. The molecule has 1 aliphatic heterocycles. The van der Waals surface area contributed by atoms with Crippen LogP contribution in [-0.2, 0) is 16.6 Å². The average molecular weight is 436 g/mol. The Morgan fingerprint density at radius 3 is 2.66 bits per heavy atom. The Morgan fingerprint density at radius 1 is 1.17 bits per heavy atom. The van der Waals surface area contributed by atoms with E-state index in [9.17, 15) is 13.2 Å². The number of carbonyl (C=O) groups is 1. The highest BCUT2D eigenvalue weighted by atomic mass is 35.5. The Morgan fingerprint density at radius 2 is 1.93 bits per heavy atom. The zero-order valence-corrected chi connectivity index (χ0v) is 18.0. The first-order valence-electron chi connectivity index (χ1n) is 9.65. The van der Waals surface area contributed by atoms with E-state index in [1.54, 1.807) is 6.07 Å². The third kappa shape index (κ3) is 6.45. The molecule has 29 heavy (non-hydrogen) atoms. The molecule has 3 rings (SSSR count). The van der Waals surface area contributed by atoms with Crippen molar-refractivity contribution in [3.8, 4) is 0 Å².